The molecule has 0 aliphatic heterocycles. The lowest BCUT2D eigenvalue weighted by molar-refractivity contribution is 0.0795. The van der Waals surface area contributed by atoms with Crippen LogP contribution in [0.3, 0.4) is 0 Å². The number of halogens is 1. The summed E-state index contributed by atoms with van der Waals surface area (Å²) in [5.74, 6) is -0.204. The first-order valence-corrected chi connectivity index (χ1v) is 6.78. The number of amides is 1. The number of carbonyl (C=O) groups excluding carboxylic acids is 1. The molecule has 0 radical (unpaired) electrons. The van der Waals surface area contributed by atoms with Crippen LogP contribution in [-0.4, -0.2) is 43.0 Å². The number of H-pyrrole nitrogens is 1. The second-order valence-corrected chi connectivity index (χ2v) is 5.05. The minimum absolute atomic E-state index is 0. The molecule has 1 amide bonds. The fraction of sp³-hybridized carbons (Fsp3) is 0.571. The number of rotatable bonds is 4. The van der Waals surface area contributed by atoms with Gasteiger partial charge in [0.15, 0.2) is 0 Å². The molecule has 2 N–H and O–H groups in total. The molecule has 20 heavy (non-hydrogen) atoms. The van der Waals surface area contributed by atoms with Crippen LogP contribution < -0.4 is 10.9 Å². The largest absolute Gasteiger partial charge is 0.340 e. The third kappa shape index (κ3) is 3.61. The zero-order chi connectivity index (χ0) is 13.8. The van der Waals surface area contributed by atoms with E-state index in [1.807, 2.05) is 7.05 Å². The molecule has 0 fully saturated rings. The van der Waals surface area contributed by atoms with Gasteiger partial charge >= 0.3 is 0 Å². The van der Waals surface area contributed by atoms with Crippen LogP contribution >= 0.6 is 12.4 Å². The molecule has 1 aliphatic carbocycles. The number of nitrogens with zero attached hydrogens (tertiary/aromatic N) is 1. The molecule has 0 saturated carbocycles. The summed E-state index contributed by atoms with van der Waals surface area (Å²) in [7, 11) is 3.56. The zero-order valence-electron chi connectivity index (χ0n) is 12.0. The van der Waals surface area contributed by atoms with Gasteiger partial charge in [-0.1, -0.05) is 0 Å². The van der Waals surface area contributed by atoms with Gasteiger partial charge in [0.05, 0.1) is 0 Å². The molecule has 6 heteroatoms. The number of likely N-dealkylation sites (N-methyl/N-ethyl adjacent to an activating group) is 2. The van der Waals surface area contributed by atoms with E-state index in [2.05, 4.69) is 10.3 Å². The summed E-state index contributed by atoms with van der Waals surface area (Å²) >= 11 is 0. The summed E-state index contributed by atoms with van der Waals surface area (Å²) in [4.78, 5) is 28.7. The highest BCUT2D eigenvalue weighted by Crippen LogP contribution is 2.18. The van der Waals surface area contributed by atoms with Crippen molar-refractivity contribution in [2.24, 2.45) is 0 Å². The Morgan fingerprint density at radius 3 is 2.80 bits per heavy atom. The Morgan fingerprint density at radius 1 is 1.40 bits per heavy atom. The first-order chi connectivity index (χ1) is 9.13. The van der Waals surface area contributed by atoms with Crippen molar-refractivity contribution in [2.45, 2.75) is 25.7 Å². The average molecular weight is 300 g/mol. The predicted molar refractivity (Wildman–Crippen MR) is 81.8 cm³/mol. The van der Waals surface area contributed by atoms with Gasteiger partial charge in [-0.2, -0.15) is 0 Å². The lowest BCUT2D eigenvalue weighted by Gasteiger charge is -2.19. The number of fused-ring (bicyclic) bond motifs is 1. The normalized spacial score (nSPS) is 13.3. The number of hydrogen-bond acceptors (Lipinski definition) is 3. The molecule has 0 saturated heterocycles. The fourth-order valence-corrected chi connectivity index (χ4v) is 2.42. The van der Waals surface area contributed by atoms with Gasteiger partial charge in [0.2, 0.25) is 0 Å². The molecule has 0 aromatic carbocycles. The van der Waals surface area contributed by atoms with Crippen molar-refractivity contribution < 1.29 is 4.79 Å². The van der Waals surface area contributed by atoms with E-state index in [1.165, 1.54) is 0 Å². The number of aromatic amines is 1. The van der Waals surface area contributed by atoms with Crippen molar-refractivity contribution in [2.75, 3.05) is 27.2 Å². The van der Waals surface area contributed by atoms with Crippen molar-refractivity contribution in [1.29, 1.82) is 0 Å². The molecule has 1 aromatic rings. The number of aromatic nitrogens is 1. The SMILES string of the molecule is CNCCN(C)C(=O)c1cc2c([nH]c1=O)CCCC2.Cl. The summed E-state index contributed by atoms with van der Waals surface area (Å²) in [6.07, 6.45) is 4.10. The number of nitrogens with one attached hydrogen (secondary N) is 2. The fourth-order valence-electron chi connectivity index (χ4n) is 2.42. The number of carbonyl (C=O) groups is 1. The van der Waals surface area contributed by atoms with Gasteiger partial charge < -0.3 is 15.2 Å². The number of aryl methyl sites for hydroxylation is 2. The summed E-state index contributed by atoms with van der Waals surface area (Å²) in [5.41, 5.74) is 2.13. The third-order valence-corrected chi connectivity index (χ3v) is 3.61. The maximum atomic E-state index is 12.2. The Bertz CT molecular complexity index is 528. The second kappa shape index (κ2) is 7.45. The van der Waals surface area contributed by atoms with Gasteiger partial charge in [-0.25, -0.2) is 0 Å². The van der Waals surface area contributed by atoms with E-state index < -0.39 is 0 Å². The topological polar surface area (TPSA) is 65.2 Å². The average Bonchev–Trinajstić information content (AvgIpc) is 2.43. The van der Waals surface area contributed by atoms with Gasteiger partial charge in [0.25, 0.3) is 11.5 Å². The molecular formula is C14H22ClN3O2. The highest BCUT2D eigenvalue weighted by Gasteiger charge is 2.19. The molecule has 0 atom stereocenters. The van der Waals surface area contributed by atoms with Gasteiger partial charge in [-0.15, -0.1) is 12.4 Å². The minimum atomic E-state index is -0.262. The lowest BCUT2D eigenvalue weighted by atomic mass is 9.95. The van der Waals surface area contributed by atoms with E-state index >= 15 is 0 Å². The minimum Gasteiger partial charge on any atom is -0.340 e. The van der Waals surface area contributed by atoms with Crippen LogP contribution in [-0.2, 0) is 12.8 Å². The number of pyridine rings is 1. The highest BCUT2D eigenvalue weighted by atomic mass is 35.5. The predicted octanol–water partition coefficient (Wildman–Crippen LogP) is 0.967. The molecule has 0 spiro atoms. The first-order valence-electron chi connectivity index (χ1n) is 6.78. The Balaban J connectivity index is 0.00000200. The number of hydrogen-bond donors (Lipinski definition) is 2. The standard InChI is InChI=1S/C14H21N3O2.ClH/c1-15-7-8-17(2)14(19)11-9-10-5-3-4-6-12(10)16-13(11)18;/h9,15H,3-8H2,1-2H3,(H,16,18);1H. The quantitative estimate of drug-likeness (QED) is 0.870. The van der Waals surface area contributed by atoms with Crippen LogP contribution in [0.5, 0.6) is 0 Å². The Kier molecular flexibility index (Phi) is 6.23. The van der Waals surface area contributed by atoms with Crippen molar-refractivity contribution in [3.8, 4) is 0 Å². The Morgan fingerprint density at radius 2 is 2.10 bits per heavy atom. The van der Waals surface area contributed by atoms with Crippen molar-refractivity contribution in [3.05, 3.63) is 33.2 Å². The van der Waals surface area contributed by atoms with Gasteiger partial charge in [-0.05, 0) is 44.4 Å². The molecule has 112 valence electrons. The Hall–Kier alpha value is -1.33. The van der Waals surface area contributed by atoms with Gasteiger partial charge in [0.1, 0.15) is 5.56 Å². The van der Waals surface area contributed by atoms with Crippen LogP contribution in [0, 0.1) is 0 Å². The van der Waals surface area contributed by atoms with Crippen molar-refractivity contribution in [1.82, 2.24) is 15.2 Å². The monoisotopic (exact) mass is 299 g/mol. The van der Waals surface area contributed by atoms with Crippen LogP contribution in [0.15, 0.2) is 10.9 Å². The smallest absolute Gasteiger partial charge is 0.261 e. The molecule has 2 rings (SSSR count). The molecular weight excluding hydrogens is 278 g/mol. The Labute approximate surface area is 125 Å². The van der Waals surface area contributed by atoms with Gasteiger partial charge in [0, 0.05) is 25.8 Å². The molecule has 0 unspecified atom stereocenters. The van der Waals surface area contributed by atoms with E-state index in [-0.39, 0.29) is 29.4 Å². The molecule has 5 nitrogen and oxygen atoms in total. The first kappa shape index (κ1) is 16.7. The van der Waals surface area contributed by atoms with E-state index in [0.29, 0.717) is 13.1 Å². The van der Waals surface area contributed by atoms with Crippen molar-refractivity contribution >= 4 is 18.3 Å². The summed E-state index contributed by atoms with van der Waals surface area (Å²) in [6.45, 7) is 1.30. The maximum Gasteiger partial charge on any atom is 0.261 e. The summed E-state index contributed by atoms with van der Waals surface area (Å²) in [6, 6.07) is 1.78. The molecule has 1 aliphatic rings. The van der Waals surface area contributed by atoms with Crippen LogP contribution in [0.2, 0.25) is 0 Å². The summed E-state index contributed by atoms with van der Waals surface area (Å²) in [5, 5.41) is 2.99. The lowest BCUT2D eigenvalue weighted by Crippen LogP contribution is -2.36. The molecule has 0 bridgehead atoms. The van der Waals surface area contributed by atoms with Crippen molar-refractivity contribution in [3.63, 3.8) is 0 Å². The zero-order valence-corrected chi connectivity index (χ0v) is 12.8. The van der Waals surface area contributed by atoms with Gasteiger partial charge in [-0.3, -0.25) is 9.59 Å². The van der Waals surface area contributed by atoms with Crippen LogP contribution in [0.4, 0.5) is 0 Å². The van der Waals surface area contributed by atoms with Crippen LogP contribution in [0.25, 0.3) is 0 Å². The van der Waals surface area contributed by atoms with E-state index in [0.717, 1.165) is 36.9 Å². The van der Waals surface area contributed by atoms with E-state index in [9.17, 15) is 9.59 Å². The second-order valence-electron chi connectivity index (χ2n) is 5.05. The molecule has 1 aromatic heterocycles. The third-order valence-electron chi connectivity index (χ3n) is 3.61. The maximum absolute atomic E-state index is 12.2. The van der Waals surface area contributed by atoms with E-state index in [1.54, 1.807) is 18.0 Å². The highest BCUT2D eigenvalue weighted by molar-refractivity contribution is 5.93. The summed E-state index contributed by atoms with van der Waals surface area (Å²) < 4.78 is 0. The van der Waals surface area contributed by atoms with Crippen LogP contribution in [0.1, 0.15) is 34.5 Å². The molecule has 1 heterocycles. The van der Waals surface area contributed by atoms with E-state index in [4.69, 9.17) is 0 Å².